The number of carbonyl (C=O) groups excluding carboxylic acids is 1. The van der Waals surface area contributed by atoms with Crippen LogP contribution in [-0.2, 0) is 5.41 Å². The van der Waals surface area contributed by atoms with E-state index in [0.29, 0.717) is 16.8 Å². The van der Waals surface area contributed by atoms with Gasteiger partial charge in [-0.15, -0.1) is 16.4 Å². The fourth-order valence-corrected chi connectivity index (χ4v) is 5.49. The lowest BCUT2D eigenvalue weighted by atomic mass is 9.70. The molecule has 23 heavy (non-hydrogen) atoms. The molecule has 6 heteroatoms. The van der Waals surface area contributed by atoms with Gasteiger partial charge in [-0.1, -0.05) is 38.6 Å². The maximum Gasteiger partial charge on any atom is 0.209 e. The molecule has 0 saturated heterocycles. The number of ketones is 1. The second-order valence-electron chi connectivity index (χ2n) is 7.16. The van der Waals surface area contributed by atoms with Crippen molar-refractivity contribution in [1.82, 2.24) is 15.2 Å². The van der Waals surface area contributed by atoms with Crippen LogP contribution in [0, 0.1) is 5.41 Å². The van der Waals surface area contributed by atoms with Crippen molar-refractivity contribution in [1.29, 1.82) is 0 Å². The van der Waals surface area contributed by atoms with Crippen LogP contribution in [0.4, 0.5) is 0 Å². The standard InChI is InChI=1S/C17H19N3OS2/c1-16(2)10-6-7-17(16,3)14-13(10)19-20-15(18-14)23-9-11(21)12-5-4-8-22-12/h4-5,8,10H,6-7,9H2,1-3H3/t10-,17-/m0/s1. The van der Waals surface area contributed by atoms with Gasteiger partial charge in [-0.05, 0) is 29.7 Å². The third-order valence-electron chi connectivity index (χ3n) is 5.90. The average molecular weight is 345 g/mol. The lowest BCUT2D eigenvalue weighted by Gasteiger charge is -2.33. The largest absolute Gasteiger partial charge is 0.292 e. The molecule has 0 aromatic carbocycles. The highest BCUT2D eigenvalue weighted by molar-refractivity contribution is 7.99. The van der Waals surface area contributed by atoms with E-state index in [1.54, 1.807) is 0 Å². The molecule has 0 unspecified atom stereocenters. The molecular formula is C17H19N3OS2. The molecule has 2 heterocycles. The molecule has 0 N–H and O–H groups in total. The van der Waals surface area contributed by atoms with Crippen LogP contribution in [0.3, 0.4) is 0 Å². The van der Waals surface area contributed by atoms with E-state index in [1.807, 2.05) is 17.5 Å². The van der Waals surface area contributed by atoms with Crippen LogP contribution in [0.2, 0.25) is 0 Å². The molecule has 2 aromatic rings. The van der Waals surface area contributed by atoms with Crippen LogP contribution >= 0.6 is 23.1 Å². The molecular weight excluding hydrogens is 326 g/mol. The lowest BCUT2D eigenvalue weighted by molar-refractivity contribution is 0.102. The summed E-state index contributed by atoms with van der Waals surface area (Å²) in [5, 5.41) is 11.3. The Bertz CT molecular complexity index is 772. The van der Waals surface area contributed by atoms with E-state index in [-0.39, 0.29) is 16.6 Å². The molecule has 4 rings (SSSR count). The van der Waals surface area contributed by atoms with E-state index in [4.69, 9.17) is 4.98 Å². The average Bonchev–Trinajstić information content (AvgIpc) is 3.17. The topological polar surface area (TPSA) is 55.7 Å². The van der Waals surface area contributed by atoms with Crippen molar-refractivity contribution in [3.63, 3.8) is 0 Å². The lowest BCUT2D eigenvalue weighted by Crippen LogP contribution is -2.32. The molecule has 2 aliphatic rings. The summed E-state index contributed by atoms with van der Waals surface area (Å²) in [5.41, 5.74) is 2.46. The second kappa shape index (κ2) is 5.11. The quantitative estimate of drug-likeness (QED) is 0.617. The van der Waals surface area contributed by atoms with Gasteiger partial charge in [0.2, 0.25) is 5.16 Å². The summed E-state index contributed by atoms with van der Waals surface area (Å²) in [6.45, 7) is 6.95. The van der Waals surface area contributed by atoms with E-state index >= 15 is 0 Å². The molecule has 0 spiro atoms. The van der Waals surface area contributed by atoms with Crippen LogP contribution < -0.4 is 0 Å². The Morgan fingerprint density at radius 1 is 1.39 bits per heavy atom. The highest BCUT2D eigenvalue weighted by Crippen LogP contribution is 2.66. The fourth-order valence-electron chi connectivity index (χ4n) is 4.06. The summed E-state index contributed by atoms with van der Waals surface area (Å²) in [5.74, 6) is 0.960. The Kier molecular flexibility index (Phi) is 3.39. The van der Waals surface area contributed by atoms with Crippen molar-refractivity contribution in [3.05, 3.63) is 33.8 Å². The first kappa shape index (κ1) is 15.3. The van der Waals surface area contributed by atoms with Crippen LogP contribution in [0.15, 0.2) is 22.7 Å². The minimum atomic E-state index is 0.0794. The number of fused-ring (bicyclic) bond motifs is 5. The Balaban J connectivity index is 1.57. The summed E-state index contributed by atoms with van der Waals surface area (Å²) < 4.78 is 0. The van der Waals surface area contributed by atoms with Gasteiger partial charge < -0.3 is 0 Å². The predicted octanol–water partition coefficient (Wildman–Crippen LogP) is 4.08. The third kappa shape index (κ3) is 2.11. The van der Waals surface area contributed by atoms with Crippen molar-refractivity contribution >= 4 is 28.9 Å². The molecule has 2 atom stereocenters. The number of rotatable bonds is 4. The van der Waals surface area contributed by atoms with Gasteiger partial charge in [-0.3, -0.25) is 4.79 Å². The highest BCUT2D eigenvalue weighted by atomic mass is 32.2. The van der Waals surface area contributed by atoms with Gasteiger partial charge in [0, 0.05) is 11.3 Å². The summed E-state index contributed by atoms with van der Waals surface area (Å²) in [6.07, 6.45) is 2.34. The van der Waals surface area contributed by atoms with Crippen molar-refractivity contribution in [2.75, 3.05) is 5.75 Å². The molecule has 0 amide bonds. The maximum absolute atomic E-state index is 12.1. The summed E-state index contributed by atoms with van der Waals surface area (Å²) in [6, 6.07) is 3.76. The minimum Gasteiger partial charge on any atom is -0.292 e. The zero-order valence-corrected chi connectivity index (χ0v) is 15.1. The van der Waals surface area contributed by atoms with Gasteiger partial charge in [-0.25, -0.2) is 4.98 Å². The van der Waals surface area contributed by atoms with E-state index in [9.17, 15) is 4.79 Å². The van der Waals surface area contributed by atoms with Crippen molar-refractivity contribution in [2.45, 2.75) is 50.1 Å². The number of hydrogen-bond donors (Lipinski definition) is 0. The number of thiophene rings is 1. The van der Waals surface area contributed by atoms with Gasteiger partial charge in [0.25, 0.3) is 0 Å². The summed E-state index contributed by atoms with van der Waals surface area (Å²) >= 11 is 2.87. The molecule has 1 saturated carbocycles. The van der Waals surface area contributed by atoms with Gasteiger partial charge >= 0.3 is 0 Å². The first-order valence-corrected chi connectivity index (χ1v) is 9.74. The minimum absolute atomic E-state index is 0.0794. The smallest absolute Gasteiger partial charge is 0.209 e. The van der Waals surface area contributed by atoms with Crippen LogP contribution in [0.25, 0.3) is 0 Å². The summed E-state index contributed by atoms with van der Waals surface area (Å²) in [7, 11) is 0. The molecule has 1 fully saturated rings. The second-order valence-corrected chi connectivity index (χ2v) is 9.05. The zero-order valence-electron chi connectivity index (χ0n) is 13.5. The van der Waals surface area contributed by atoms with Gasteiger partial charge in [0.15, 0.2) is 5.78 Å². The number of thioether (sulfide) groups is 1. The first-order chi connectivity index (χ1) is 10.9. The number of Topliss-reactive ketones (excluding diaryl/α,β-unsaturated/α-hetero) is 1. The van der Waals surface area contributed by atoms with Crippen LogP contribution in [0.1, 0.15) is 60.6 Å². The zero-order chi connectivity index (χ0) is 16.2. The predicted molar refractivity (Wildman–Crippen MR) is 92.3 cm³/mol. The van der Waals surface area contributed by atoms with Crippen molar-refractivity contribution < 1.29 is 4.79 Å². The molecule has 120 valence electrons. The third-order valence-corrected chi connectivity index (χ3v) is 7.65. The Morgan fingerprint density at radius 3 is 2.96 bits per heavy atom. The monoisotopic (exact) mass is 345 g/mol. The number of hydrogen-bond acceptors (Lipinski definition) is 6. The van der Waals surface area contributed by atoms with E-state index < -0.39 is 0 Å². The van der Waals surface area contributed by atoms with E-state index in [0.717, 1.165) is 22.7 Å². The molecule has 0 aliphatic heterocycles. The molecule has 2 aromatic heterocycles. The molecule has 2 bridgehead atoms. The van der Waals surface area contributed by atoms with Gasteiger partial charge in [0.1, 0.15) is 0 Å². The van der Waals surface area contributed by atoms with Crippen molar-refractivity contribution in [2.24, 2.45) is 5.41 Å². The molecule has 2 aliphatic carbocycles. The SMILES string of the molecule is CC1(C)[C@H]2CC[C@@]1(C)c1nc(SCC(=O)c3cccs3)nnc12. The Hall–Kier alpha value is -1.27. The number of aromatic nitrogens is 3. The summed E-state index contributed by atoms with van der Waals surface area (Å²) in [4.78, 5) is 17.7. The normalized spacial score (nSPS) is 27.2. The number of nitrogens with zero attached hydrogens (tertiary/aromatic N) is 3. The first-order valence-electron chi connectivity index (χ1n) is 7.88. The van der Waals surface area contributed by atoms with Crippen LogP contribution in [0.5, 0.6) is 0 Å². The van der Waals surface area contributed by atoms with Crippen LogP contribution in [-0.4, -0.2) is 26.7 Å². The highest BCUT2D eigenvalue weighted by Gasteiger charge is 2.61. The fraction of sp³-hybridized carbons (Fsp3) is 0.529. The van der Waals surface area contributed by atoms with E-state index in [2.05, 4.69) is 31.0 Å². The van der Waals surface area contributed by atoms with Gasteiger partial charge in [0.05, 0.1) is 22.0 Å². The number of carbonyl (C=O) groups is 1. The van der Waals surface area contributed by atoms with E-state index in [1.165, 1.54) is 29.5 Å². The molecule has 0 radical (unpaired) electrons. The van der Waals surface area contributed by atoms with Gasteiger partial charge in [-0.2, -0.15) is 5.10 Å². The maximum atomic E-state index is 12.1. The molecule has 4 nitrogen and oxygen atoms in total. The Morgan fingerprint density at radius 2 is 2.22 bits per heavy atom. The van der Waals surface area contributed by atoms with Crippen molar-refractivity contribution in [3.8, 4) is 0 Å². The Labute approximate surface area is 144 Å².